The minimum absolute atomic E-state index is 0.0213. The van der Waals surface area contributed by atoms with Gasteiger partial charge >= 0.3 is 18.5 Å². The smallest absolute Gasteiger partial charge is 0.351 e. The van der Waals surface area contributed by atoms with E-state index in [-0.39, 0.29) is 88.2 Å². The van der Waals surface area contributed by atoms with E-state index in [1.54, 1.807) is 21.3 Å². The molecule has 0 amide bonds. The molecule has 3 aromatic carbocycles. The second kappa shape index (κ2) is 35.0. The Hall–Kier alpha value is -8.29. The first-order valence-electron chi connectivity index (χ1n) is 37.1. The number of anilines is 3. The molecule has 0 saturated carbocycles. The third-order valence-electron chi connectivity index (χ3n) is 20.8. The summed E-state index contributed by atoms with van der Waals surface area (Å²) in [6.45, 7) is 12.0. The number of imidazole rings is 3. The summed E-state index contributed by atoms with van der Waals surface area (Å²) < 4.78 is 219. The fourth-order valence-corrected chi connectivity index (χ4v) is 17.8. The predicted octanol–water partition coefficient (Wildman–Crippen LogP) is 12.5. The molecule has 9 aromatic rings. The van der Waals surface area contributed by atoms with Crippen molar-refractivity contribution in [2.24, 2.45) is 5.92 Å². The number of hydrogen-bond donors (Lipinski definition) is 3. The van der Waals surface area contributed by atoms with Crippen molar-refractivity contribution in [3.8, 4) is 51.2 Å². The van der Waals surface area contributed by atoms with Gasteiger partial charge in [-0.15, -0.1) is 0 Å². The van der Waals surface area contributed by atoms with Gasteiger partial charge in [-0.1, -0.05) is 59.9 Å². The van der Waals surface area contributed by atoms with Gasteiger partial charge in [0.15, 0.2) is 0 Å². The van der Waals surface area contributed by atoms with Crippen LogP contribution in [0.2, 0.25) is 15.1 Å². The van der Waals surface area contributed by atoms with Gasteiger partial charge in [0, 0.05) is 133 Å². The summed E-state index contributed by atoms with van der Waals surface area (Å²) in [4.78, 5) is 43.3. The number of likely N-dealkylation sites (tertiary alicyclic amines) is 3. The normalized spacial score (nSPS) is 18.0. The van der Waals surface area contributed by atoms with Crippen LogP contribution in [0.5, 0.6) is 0 Å². The van der Waals surface area contributed by atoms with Crippen LogP contribution < -0.4 is 16.0 Å². The lowest BCUT2D eigenvalue weighted by atomic mass is 10.0. The Morgan fingerprint density at radius 2 is 0.750 bits per heavy atom. The highest BCUT2D eigenvalue weighted by Gasteiger charge is 2.40. The second-order valence-electron chi connectivity index (χ2n) is 29.6. The summed E-state index contributed by atoms with van der Waals surface area (Å²) in [6, 6.07) is 13.9. The number of hydrogen-bond acceptors (Lipinski definition) is 21. The monoisotopic (exact) mass is 1740 g/mol. The molecule has 0 aliphatic carbocycles. The van der Waals surface area contributed by atoms with Crippen molar-refractivity contribution in [1.82, 2.24) is 86.2 Å². The molecule has 6 aliphatic heterocycles. The molecule has 6 aliphatic rings. The van der Waals surface area contributed by atoms with Crippen LogP contribution in [0, 0.1) is 11.7 Å². The average molecular weight is 1740 g/mol. The Morgan fingerprint density at radius 3 is 1.05 bits per heavy atom. The third-order valence-corrected chi connectivity index (χ3v) is 25.6. The molecule has 43 heteroatoms. The van der Waals surface area contributed by atoms with Crippen molar-refractivity contribution in [2.75, 3.05) is 113 Å². The lowest BCUT2D eigenvalue weighted by Crippen LogP contribution is -2.44. The molecule has 624 valence electrons. The van der Waals surface area contributed by atoms with Crippen LogP contribution in [0.1, 0.15) is 91.7 Å². The van der Waals surface area contributed by atoms with Crippen molar-refractivity contribution in [3.63, 3.8) is 0 Å². The number of alkyl halides is 9. The van der Waals surface area contributed by atoms with Crippen LogP contribution in [0.4, 0.5) is 61.7 Å². The quantitative estimate of drug-likeness (QED) is 0.0563. The van der Waals surface area contributed by atoms with Gasteiger partial charge in [-0.25, -0.2) is 87.4 Å². The summed E-state index contributed by atoms with van der Waals surface area (Å²) >= 11 is 19.4. The fourth-order valence-electron chi connectivity index (χ4n) is 14.2. The lowest BCUT2D eigenvalue weighted by molar-refractivity contribution is -0.138. The predicted molar refractivity (Wildman–Crippen MR) is 417 cm³/mol. The zero-order chi connectivity index (χ0) is 83.0. The zero-order valence-electron chi connectivity index (χ0n) is 63.0. The maximum Gasteiger partial charge on any atom is 0.420 e. The number of piperidine rings is 3. The summed E-state index contributed by atoms with van der Waals surface area (Å²) in [7, 11) is -9.90. The van der Waals surface area contributed by atoms with Gasteiger partial charge in [0.1, 0.15) is 80.7 Å². The van der Waals surface area contributed by atoms with Crippen molar-refractivity contribution >= 4 is 82.7 Å². The summed E-state index contributed by atoms with van der Waals surface area (Å²) in [5, 5.41) is 9.89. The molecule has 0 atom stereocenters. The minimum atomic E-state index is -4.75. The zero-order valence-corrected chi connectivity index (χ0v) is 67.7. The van der Waals surface area contributed by atoms with Crippen molar-refractivity contribution in [1.29, 1.82) is 0 Å². The number of nitrogens with zero attached hydrogens (tertiary/aromatic N) is 18. The van der Waals surface area contributed by atoms with E-state index in [1.165, 1.54) is 61.5 Å². The third kappa shape index (κ3) is 21.0. The van der Waals surface area contributed by atoms with E-state index in [9.17, 15) is 69.2 Å². The van der Waals surface area contributed by atoms with Gasteiger partial charge in [0.2, 0.25) is 47.9 Å². The summed E-state index contributed by atoms with van der Waals surface area (Å²) in [5.41, 5.74) is -0.305. The molecule has 116 heavy (non-hydrogen) atoms. The highest BCUT2D eigenvalue weighted by molar-refractivity contribution is 7.88. The Balaban J connectivity index is 0.000000151. The maximum absolute atomic E-state index is 15.0. The first kappa shape index (κ1) is 85.6. The molecule has 0 spiro atoms. The lowest BCUT2D eigenvalue weighted by Gasteiger charge is -2.37. The standard InChI is InChI=1S/C25H29ClF3N7O2S.C24H26ClF4N7O2S.C24H27ClF3N7O2S/c1-16-11-34(12-16)13-17-3-4-22(20(26)9-17)35-14-21(31-15-35)23-19(25(27,28)29)10-30-24(33-23)32-18-5-7-36(8-6-18)39(2,37)38;1-39(37,38)36-9-5-16(6-10-36)32-23-30-11-17(24(27,28)29)22(33-23)18-13-35(14-31-18)19-4-3-15(21(26)20(19)25)12-34-7-2-8-34;1-38(36,37)35-9-5-17(6-10-35)31-23-29-12-18(24(26,27)28)22(32-23)20-14-34(15-30-20)21-4-3-16(11-19(21)25)13-33-7-2-8-33/h3-4,9-10,14-16,18H,5-8,11-13H2,1-2H3,(H,30,32,33);3-4,11,13-14,16H,2,5-10,12H2,1H3,(H,30,32,33);3-4,11-12,14-15,17H,2,5-10,13H2,1H3,(H,29,31,32). The molecule has 6 fully saturated rings. The maximum atomic E-state index is 15.0. The average Bonchev–Trinajstić information content (AvgIpc) is 1.62. The summed E-state index contributed by atoms with van der Waals surface area (Å²) in [6.07, 6.45) is 4.84. The van der Waals surface area contributed by atoms with E-state index in [1.807, 2.05) is 36.4 Å². The number of rotatable bonds is 21. The molecule has 12 heterocycles. The van der Waals surface area contributed by atoms with Crippen LogP contribution in [-0.2, 0) is 68.2 Å². The van der Waals surface area contributed by atoms with Gasteiger partial charge < -0.3 is 29.7 Å². The van der Waals surface area contributed by atoms with E-state index < -0.39 is 76.8 Å². The molecule has 0 unspecified atom stereocenters. The number of aromatic nitrogens is 12. The van der Waals surface area contributed by atoms with Crippen LogP contribution in [-0.4, -0.2) is 227 Å². The van der Waals surface area contributed by atoms with Crippen molar-refractivity contribution in [2.45, 2.75) is 115 Å². The molecule has 6 aromatic heterocycles. The fraction of sp³-hybridized carbons (Fsp3) is 0.466. The summed E-state index contributed by atoms with van der Waals surface area (Å²) in [5.74, 6) is 0.116. The van der Waals surface area contributed by atoms with Gasteiger partial charge in [-0.2, -0.15) is 39.5 Å². The first-order valence-corrected chi connectivity index (χ1v) is 43.7. The van der Waals surface area contributed by atoms with Crippen LogP contribution in [0.3, 0.4) is 0 Å². The Labute approximate surface area is 678 Å². The Morgan fingerprint density at radius 1 is 0.431 bits per heavy atom. The van der Waals surface area contributed by atoms with Crippen molar-refractivity contribution in [3.05, 3.63) is 159 Å². The van der Waals surface area contributed by atoms with Gasteiger partial charge in [-0.3, -0.25) is 14.7 Å². The molecule has 3 N–H and O–H groups in total. The minimum Gasteiger partial charge on any atom is -0.351 e. The van der Waals surface area contributed by atoms with E-state index in [0.29, 0.717) is 110 Å². The first-order chi connectivity index (χ1) is 54.7. The molecule has 15 rings (SSSR count). The highest BCUT2D eigenvalue weighted by atomic mass is 35.5. The van der Waals surface area contributed by atoms with Crippen LogP contribution in [0.15, 0.2) is 105 Å². The number of benzene rings is 3. The SMILES string of the molecule is CC1CN(Cc2ccc(-n3cnc(-c4nc(NC5CCN(S(C)(=O)=O)CC5)ncc4C(F)(F)F)c3)c(Cl)c2)C1.CS(=O)(=O)N1CCC(Nc2ncc(C(F)(F)F)c(-c3cn(-c4ccc(CN5CCC5)c(F)c4Cl)cn3)n2)CC1.CS(=O)(=O)N1CCC(Nc2ncc(C(F)(F)F)c(-c3cn(-c4ccc(CN5CCC5)cc4Cl)cn3)n2)CC1. The van der Waals surface area contributed by atoms with E-state index in [0.717, 1.165) is 101 Å². The number of halogens is 13. The number of sulfonamides is 3. The molecule has 27 nitrogen and oxygen atoms in total. The topological polar surface area (TPSA) is 289 Å². The molecule has 0 radical (unpaired) electrons. The van der Waals surface area contributed by atoms with E-state index >= 15 is 0 Å². The van der Waals surface area contributed by atoms with E-state index in [4.69, 9.17) is 34.8 Å². The Kier molecular flexibility index (Phi) is 25.8. The van der Waals surface area contributed by atoms with Crippen molar-refractivity contribution < 1.29 is 69.2 Å². The van der Waals surface area contributed by atoms with E-state index in [2.05, 4.69) is 82.4 Å². The van der Waals surface area contributed by atoms with Crippen LogP contribution >= 0.6 is 34.8 Å². The molecular formula is C73H82Cl3F10N21O6S3. The molecule has 0 bridgehead atoms. The molecular weight excluding hydrogens is 1660 g/mol. The Bertz CT molecular complexity index is 5380. The second-order valence-corrected chi connectivity index (χ2v) is 36.7. The van der Waals surface area contributed by atoms with Gasteiger partial charge in [0.05, 0.1) is 45.9 Å². The van der Waals surface area contributed by atoms with Gasteiger partial charge in [0.25, 0.3) is 0 Å². The largest absolute Gasteiger partial charge is 0.420 e. The highest BCUT2D eigenvalue weighted by Crippen LogP contribution is 2.41. The number of nitrogens with one attached hydrogen (secondary N) is 3. The van der Waals surface area contributed by atoms with Gasteiger partial charge in [-0.05, 0) is 125 Å². The van der Waals surface area contributed by atoms with Crippen LogP contribution in [0.25, 0.3) is 51.2 Å². The molecule has 6 saturated heterocycles.